The van der Waals surface area contributed by atoms with Crippen LogP contribution >= 0.6 is 0 Å². The number of amides is 7. The number of carbonyl (C=O) groups excluding carboxylic acids is 7. The van der Waals surface area contributed by atoms with E-state index in [9.17, 15) is 63.6 Å². The van der Waals surface area contributed by atoms with Crippen molar-refractivity contribution in [3.63, 3.8) is 0 Å². The molecule has 1 aliphatic rings. The summed E-state index contributed by atoms with van der Waals surface area (Å²) in [6, 6.07) is 9.93. The van der Waals surface area contributed by atoms with E-state index in [2.05, 4.69) is 36.9 Å². The van der Waals surface area contributed by atoms with Gasteiger partial charge in [0.2, 0.25) is 41.4 Å². The second-order valence-electron chi connectivity index (χ2n) is 17.8. The van der Waals surface area contributed by atoms with Crippen LogP contribution in [0.15, 0.2) is 79.0 Å². The van der Waals surface area contributed by atoms with Crippen molar-refractivity contribution < 1.29 is 63.6 Å². The average Bonchev–Trinajstić information content (AvgIpc) is 3.99. The zero-order chi connectivity index (χ0) is 51.9. The fraction of sp³-hybridized carbons (Fsp3) is 0.408. The lowest BCUT2D eigenvalue weighted by molar-refractivity contribution is -0.143. The normalized spacial score (nSPS) is 15.8. The van der Waals surface area contributed by atoms with Crippen LogP contribution in [0.2, 0.25) is 0 Å². The van der Waals surface area contributed by atoms with Gasteiger partial charge in [0, 0.05) is 42.9 Å². The van der Waals surface area contributed by atoms with Gasteiger partial charge in [0.1, 0.15) is 47.8 Å². The van der Waals surface area contributed by atoms with Crippen LogP contribution in [0.1, 0.15) is 63.1 Å². The number of nitrogens with zero attached hydrogens (tertiary/aromatic N) is 1. The van der Waals surface area contributed by atoms with E-state index >= 15 is 0 Å². The summed E-state index contributed by atoms with van der Waals surface area (Å²) in [4.78, 5) is 123. The molecule has 1 fully saturated rings. The van der Waals surface area contributed by atoms with Crippen molar-refractivity contribution in [1.29, 1.82) is 0 Å². The predicted molar refractivity (Wildman–Crippen MR) is 256 cm³/mol. The van der Waals surface area contributed by atoms with Crippen LogP contribution in [0.5, 0.6) is 11.5 Å². The number of fused-ring (bicyclic) bond motifs is 1. The van der Waals surface area contributed by atoms with E-state index in [1.165, 1.54) is 60.4 Å². The molecule has 5 rings (SSSR count). The standard InChI is InChI=1S/C49H61N9O13/c1-26(2)42(49(70)71)57-46(67)38(22-29-12-16-32(60)17-13-29)56-44(65)36(18-19-41(62)63)55-47(68)39-9-6-20-58(39)48(69)27(3)53-45(66)37(21-28-10-14-31(59)15-11-28)54-40(61)25-52-43(64)34(50)23-30-24-51-35-8-5-4-7-33(30)35/h4-5,7-8,10-17,24,26-27,34,36-39,42,51,59-60H,6,9,18-23,25,50H2,1-3H3,(H,52,64)(H,53,66)(H,54,61)(H,55,68)(H,56,65)(H,57,67)(H,62,63)(H,70,71)/t27-,34-,36-,37-,38-,39-,42-/m0/s1. The van der Waals surface area contributed by atoms with Crippen LogP contribution in [0, 0.1) is 5.92 Å². The van der Waals surface area contributed by atoms with E-state index in [1.54, 1.807) is 20.0 Å². The van der Waals surface area contributed by atoms with Gasteiger partial charge in [-0.15, -0.1) is 0 Å². The van der Waals surface area contributed by atoms with Gasteiger partial charge in [-0.25, -0.2) is 4.79 Å². The third kappa shape index (κ3) is 15.5. The smallest absolute Gasteiger partial charge is 0.326 e. The van der Waals surface area contributed by atoms with Gasteiger partial charge in [-0.2, -0.15) is 0 Å². The number of carboxylic acids is 2. The number of hydrogen-bond donors (Lipinski definition) is 12. The van der Waals surface area contributed by atoms with E-state index in [0.717, 1.165) is 16.5 Å². The molecule has 4 aromatic rings. The molecule has 3 aromatic carbocycles. The lowest BCUT2D eigenvalue weighted by Gasteiger charge is -2.30. The van der Waals surface area contributed by atoms with E-state index in [4.69, 9.17) is 5.73 Å². The lowest BCUT2D eigenvalue weighted by Crippen LogP contribution is -2.59. The quantitative estimate of drug-likeness (QED) is 0.0443. The minimum atomic E-state index is -1.55. The molecular formula is C49H61N9O13. The number of aliphatic carboxylic acids is 2. The molecule has 22 heteroatoms. The van der Waals surface area contributed by atoms with Crippen LogP contribution in [-0.4, -0.2) is 139 Å². The van der Waals surface area contributed by atoms with Crippen molar-refractivity contribution in [3.8, 4) is 11.5 Å². The second kappa shape index (κ2) is 25.0. The first-order valence-corrected chi connectivity index (χ1v) is 23.1. The number of carbonyl (C=O) groups is 9. The highest BCUT2D eigenvalue weighted by Gasteiger charge is 2.39. The van der Waals surface area contributed by atoms with E-state index in [1.807, 2.05) is 24.3 Å². The Morgan fingerprint density at radius 2 is 1.28 bits per heavy atom. The number of aromatic nitrogens is 1. The van der Waals surface area contributed by atoms with E-state index < -0.39 is 121 Å². The number of benzene rings is 3. The molecule has 1 saturated heterocycles. The third-order valence-electron chi connectivity index (χ3n) is 12.0. The van der Waals surface area contributed by atoms with Crippen molar-refractivity contribution in [1.82, 2.24) is 41.8 Å². The molecule has 2 heterocycles. The number of carboxylic acid groups (broad SMARTS) is 2. The van der Waals surface area contributed by atoms with Gasteiger partial charge in [-0.05, 0) is 85.5 Å². The zero-order valence-corrected chi connectivity index (χ0v) is 39.5. The Balaban J connectivity index is 1.24. The maximum Gasteiger partial charge on any atom is 0.326 e. The number of para-hydroxylation sites is 1. The molecule has 1 aliphatic heterocycles. The number of likely N-dealkylation sites (tertiary alicyclic amines) is 1. The summed E-state index contributed by atoms with van der Waals surface area (Å²) >= 11 is 0. The fourth-order valence-corrected chi connectivity index (χ4v) is 8.10. The van der Waals surface area contributed by atoms with Gasteiger partial charge >= 0.3 is 11.9 Å². The van der Waals surface area contributed by atoms with Gasteiger partial charge in [-0.1, -0.05) is 56.3 Å². The molecular weight excluding hydrogens is 923 g/mol. The Morgan fingerprint density at radius 1 is 0.704 bits per heavy atom. The molecule has 0 bridgehead atoms. The predicted octanol–water partition coefficient (Wildman–Crippen LogP) is 0.0908. The van der Waals surface area contributed by atoms with Gasteiger partial charge in [0.25, 0.3) is 0 Å². The largest absolute Gasteiger partial charge is 0.508 e. The van der Waals surface area contributed by atoms with Crippen LogP contribution < -0.4 is 37.6 Å². The summed E-state index contributed by atoms with van der Waals surface area (Å²) < 4.78 is 0. The molecule has 7 atom stereocenters. The van der Waals surface area contributed by atoms with E-state index in [0.29, 0.717) is 17.5 Å². The highest BCUT2D eigenvalue weighted by Crippen LogP contribution is 2.21. The maximum absolute atomic E-state index is 14.0. The average molecular weight is 984 g/mol. The van der Waals surface area contributed by atoms with E-state index in [-0.39, 0.29) is 43.7 Å². The molecule has 0 aliphatic carbocycles. The number of nitrogens with two attached hydrogens (primary N) is 1. The van der Waals surface area contributed by atoms with Gasteiger partial charge in [-0.3, -0.25) is 38.4 Å². The molecule has 71 heavy (non-hydrogen) atoms. The molecule has 380 valence electrons. The summed E-state index contributed by atoms with van der Waals surface area (Å²) in [5.74, 6) is -8.83. The first kappa shape index (κ1) is 53.9. The summed E-state index contributed by atoms with van der Waals surface area (Å²) in [6.45, 7) is 4.04. The summed E-state index contributed by atoms with van der Waals surface area (Å²) in [7, 11) is 0. The lowest BCUT2D eigenvalue weighted by atomic mass is 10.0. The number of nitrogens with one attached hydrogen (secondary N) is 7. The van der Waals surface area contributed by atoms with Crippen molar-refractivity contribution in [3.05, 3.63) is 95.7 Å². The van der Waals surface area contributed by atoms with Crippen LogP contribution in [0.4, 0.5) is 0 Å². The number of rotatable bonds is 24. The fourth-order valence-electron chi connectivity index (χ4n) is 8.10. The Hall–Kier alpha value is -8.01. The van der Waals surface area contributed by atoms with Gasteiger partial charge < -0.3 is 67.9 Å². The summed E-state index contributed by atoms with van der Waals surface area (Å²) in [5, 5.41) is 54.9. The van der Waals surface area contributed by atoms with Gasteiger partial charge in [0.15, 0.2) is 0 Å². The molecule has 7 amide bonds. The number of phenols is 2. The first-order valence-electron chi connectivity index (χ1n) is 23.1. The molecule has 22 nitrogen and oxygen atoms in total. The third-order valence-corrected chi connectivity index (χ3v) is 12.0. The van der Waals surface area contributed by atoms with Crippen LogP contribution in [0.25, 0.3) is 10.9 Å². The topological polar surface area (TPSA) is 352 Å². The monoisotopic (exact) mass is 983 g/mol. The Labute approximate surface area is 408 Å². The number of aromatic amines is 1. The number of aromatic hydroxyl groups is 2. The number of phenolic OH excluding ortho intramolecular Hbond substituents is 2. The summed E-state index contributed by atoms with van der Waals surface area (Å²) in [5.41, 5.74) is 8.84. The van der Waals surface area contributed by atoms with Crippen molar-refractivity contribution in [2.75, 3.05) is 13.1 Å². The zero-order valence-electron chi connectivity index (χ0n) is 39.5. The first-order chi connectivity index (χ1) is 33.7. The maximum atomic E-state index is 14.0. The second-order valence-corrected chi connectivity index (χ2v) is 17.8. The van der Waals surface area contributed by atoms with Crippen molar-refractivity contribution >= 4 is 64.2 Å². The minimum absolute atomic E-state index is 0.0438. The molecule has 0 saturated carbocycles. The molecule has 0 radical (unpaired) electrons. The Kier molecular flexibility index (Phi) is 19.0. The highest BCUT2D eigenvalue weighted by molar-refractivity contribution is 5.98. The Morgan fingerprint density at radius 3 is 1.87 bits per heavy atom. The van der Waals surface area contributed by atoms with Gasteiger partial charge in [0.05, 0.1) is 12.6 Å². The van der Waals surface area contributed by atoms with Crippen LogP contribution in [0.3, 0.4) is 0 Å². The molecule has 0 unspecified atom stereocenters. The number of H-pyrrole nitrogens is 1. The van der Waals surface area contributed by atoms with Crippen LogP contribution in [-0.2, 0) is 62.4 Å². The molecule has 1 aromatic heterocycles. The highest BCUT2D eigenvalue weighted by atomic mass is 16.4. The molecule has 13 N–H and O–H groups in total. The van der Waals surface area contributed by atoms with Crippen molar-refractivity contribution in [2.24, 2.45) is 11.7 Å². The van der Waals surface area contributed by atoms with Crippen molar-refractivity contribution in [2.45, 2.75) is 108 Å². The Bertz CT molecular complexity index is 2570. The molecule has 0 spiro atoms. The SMILES string of the molecule is CC(C)[C@H](NC(=O)[C@H](Cc1ccc(O)cc1)NC(=O)[C@H](CCC(=O)O)NC(=O)[C@@H]1CCCN1C(=O)[C@H](C)NC(=O)[C@H](Cc1ccc(O)cc1)NC(=O)CNC(=O)[C@@H](N)Cc1c[nH]c2ccccc12)C(=O)O. The minimum Gasteiger partial charge on any atom is -0.508 e. The summed E-state index contributed by atoms with van der Waals surface area (Å²) in [6.07, 6.45) is 1.07. The number of hydrogen-bond acceptors (Lipinski definition) is 12.